The Morgan fingerprint density at radius 2 is 1.60 bits per heavy atom. The van der Waals surface area contributed by atoms with E-state index in [4.69, 9.17) is 4.74 Å². The van der Waals surface area contributed by atoms with Crippen molar-refractivity contribution >= 4 is 11.9 Å². The highest BCUT2D eigenvalue weighted by atomic mass is 16.5. The molecule has 0 aliphatic rings. The van der Waals surface area contributed by atoms with Crippen LogP contribution in [-0.2, 0) is 4.74 Å². The minimum absolute atomic E-state index is 0.0285. The van der Waals surface area contributed by atoms with E-state index in [-0.39, 0.29) is 18.0 Å². The maximum absolute atomic E-state index is 12.3. The van der Waals surface area contributed by atoms with Crippen LogP contribution in [0, 0.1) is 0 Å². The fourth-order valence-electron chi connectivity index (χ4n) is 2.97. The van der Waals surface area contributed by atoms with E-state index >= 15 is 0 Å². The van der Waals surface area contributed by atoms with Crippen molar-refractivity contribution in [3.05, 3.63) is 71.3 Å². The van der Waals surface area contributed by atoms with Crippen molar-refractivity contribution in [2.24, 2.45) is 0 Å². The number of aromatic carboxylic acids is 1. The Hall–Kier alpha value is -2.62. The number of ether oxygens (including phenoxy) is 1. The summed E-state index contributed by atoms with van der Waals surface area (Å²) >= 11 is 0. The van der Waals surface area contributed by atoms with Crippen LogP contribution in [0.2, 0.25) is 0 Å². The smallest absolute Gasteiger partial charge is 0.338 e. The number of carboxylic acid groups (broad SMARTS) is 1. The number of carbonyl (C=O) groups excluding carboxylic acids is 1. The SMILES string of the molecule is CCC(CC(CC)c1ccccc1C(=O)O)OC(=O)c1ccccc1. The van der Waals surface area contributed by atoms with Gasteiger partial charge in [0.25, 0.3) is 0 Å². The van der Waals surface area contributed by atoms with Crippen LogP contribution in [-0.4, -0.2) is 23.1 Å². The van der Waals surface area contributed by atoms with Gasteiger partial charge in [-0.25, -0.2) is 9.59 Å². The summed E-state index contributed by atoms with van der Waals surface area (Å²) in [5.74, 6) is -1.24. The van der Waals surface area contributed by atoms with Gasteiger partial charge in [0.15, 0.2) is 0 Å². The lowest BCUT2D eigenvalue weighted by Crippen LogP contribution is -2.21. The van der Waals surface area contributed by atoms with E-state index in [9.17, 15) is 14.7 Å². The molecular formula is C21H24O4. The normalized spacial score (nSPS) is 13.0. The Labute approximate surface area is 148 Å². The number of rotatable bonds is 8. The number of carbonyl (C=O) groups is 2. The molecule has 0 aliphatic carbocycles. The standard InChI is InChI=1S/C21H24O4/c1-3-15(18-12-8-9-13-19(18)20(22)23)14-17(4-2)25-21(24)16-10-6-5-7-11-16/h5-13,15,17H,3-4,14H2,1-2H3,(H,22,23). The van der Waals surface area contributed by atoms with E-state index in [1.54, 1.807) is 36.4 Å². The quantitative estimate of drug-likeness (QED) is 0.694. The predicted molar refractivity (Wildman–Crippen MR) is 97.0 cm³/mol. The molecule has 0 bridgehead atoms. The molecule has 1 N–H and O–H groups in total. The summed E-state index contributed by atoms with van der Waals surface area (Å²) in [4.78, 5) is 23.8. The molecule has 2 rings (SSSR count). The fraction of sp³-hybridized carbons (Fsp3) is 0.333. The van der Waals surface area contributed by atoms with Crippen LogP contribution >= 0.6 is 0 Å². The third kappa shape index (κ3) is 4.92. The van der Waals surface area contributed by atoms with E-state index in [1.165, 1.54) is 0 Å². The minimum atomic E-state index is -0.927. The van der Waals surface area contributed by atoms with Gasteiger partial charge >= 0.3 is 11.9 Å². The van der Waals surface area contributed by atoms with Crippen LogP contribution < -0.4 is 0 Å². The zero-order valence-corrected chi connectivity index (χ0v) is 14.6. The lowest BCUT2D eigenvalue weighted by Gasteiger charge is -2.23. The van der Waals surface area contributed by atoms with Crippen molar-refractivity contribution in [3.63, 3.8) is 0 Å². The molecule has 2 aromatic rings. The molecule has 132 valence electrons. The second kappa shape index (κ2) is 9.02. The molecule has 0 saturated heterocycles. The van der Waals surface area contributed by atoms with Gasteiger partial charge in [0.05, 0.1) is 11.1 Å². The summed E-state index contributed by atoms with van der Waals surface area (Å²) in [6.45, 7) is 3.99. The van der Waals surface area contributed by atoms with Crippen LogP contribution in [0.1, 0.15) is 65.3 Å². The number of benzene rings is 2. The Balaban J connectivity index is 2.13. The molecule has 25 heavy (non-hydrogen) atoms. The first-order valence-electron chi connectivity index (χ1n) is 8.65. The third-order valence-electron chi connectivity index (χ3n) is 4.41. The second-order valence-corrected chi connectivity index (χ2v) is 6.03. The highest BCUT2D eigenvalue weighted by molar-refractivity contribution is 5.90. The average Bonchev–Trinajstić information content (AvgIpc) is 2.65. The maximum atomic E-state index is 12.3. The van der Waals surface area contributed by atoms with Gasteiger partial charge in [-0.05, 0) is 48.9 Å². The lowest BCUT2D eigenvalue weighted by molar-refractivity contribution is 0.0253. The molecule has 0 radical (unpaired) electrons. The van der Waals surface area contributed by atoms with E-state index < -0.39 is 5.97 Å². The summed E-state index contributed by atoms with van der Waals surface area (Å²) in [5, 5.41) is 9.41. The maximum Gasteiger partial charge on any atom is 0.338 e. The molecule has 2 aromatic carbocycles. The molecule has 2 unspecified atom stereocenters. The van der Waals surface area contributed by atoms with Gasteiger partial charge in [-0.3, -0.25) is 0 Å². The highest BCUT2D eigenvalue weighted by Gasteiger charge is 2.23. The van der Waals surface area contributed by atoms with Gasteiger partial charge in [0.1, 0.15) is 6.10 Å². The van der Waals surface area contributed by atoms with Crippen molar-refractivity contribution in [2.75, 3.05) is 0 Å². The number of hydrogen-bond donors (Lipinski definition) is 1. The Morgan fingerprint density at radius 1 is 0.960 bits per heavy atom. The third-order valence-corrected chi connectivity index (χ3v) is 4.41. The molecule has 0 amide bonds. The summed E-state index contributed by atoms with van der Waals surface area (Å²) in [6.07, 6.45) is 1.82. The largest absolute Gasteiger partial charge is 0.478 e. The van der Waals surface area contributed by atoms with E-state index in [0.29, 0.717) is 24.0 Å². The average molecular weight is 340 g/mol. The molecule has 0 aromatic heterocycles. The van der Waals surface area contributed by atoms with Crippen molar-refractivity contribution in [1.82, 2.24) is 0 Å². The zero-order chi connectivity index (χ0) is 18.2. The van der Waals surface area contributed by atoms with Gasteiger partial charge in [0, 0.05) is 0 Å². The summed E-state index contributed by atoms with van der Waals surface area (Å²) in [6, 6.07) is 16.0. The van der Waals surface area contributed by atoms with Gasteiger partial charge in [-0.1, -0.05) is 50.2 Å². The fourth-order valence-corrected chi connectivity index (χ4v) is 2.97. The van der Waals surface area contributed by atoms with Crippen LogP contribution in [0.15, 0.2) is 54.6 Å². The zero-order valence-electron chi connectivity index (χ0n) is 14.6. The van der Waals surface area contributed by atoms with Crippen molar-refractivity contribution in [1.29, 1.82) is 0 Å². The summed E-state index contributed by atoms with van der Waals surface area (Å²) in [5.41, 5.74) is 1.64. The van der Waals surface area contributed by atoms with E-state index in [2.05, 4.69) is 0 Å². The predicted octanol–water partition coefficient (Wildman–Crippen LogP) is 4.90. The molecular weight excluding hydrogens is 316 g/mol. The number of hydrogen-bond acceptors (Lipinski definition) is 3. The first-order valence-corrected chi connectivity index (χ1v) is 8.65. The van der Waals surface area contributed by atoms with Gasteiger partial charge in [-0.15, -0.1) is 0 Å². The van der Waals surface area contributed by atoms with E-state index in [1.807, 2.05) is 32.0 Å². The molecule has 0 spiro atoms. The van der Waals surface area contributed by atoms with Gasteiger partial charge < -0.3 is 9.84 Å². The molecule has 0 saturated carbocycles. The summed E-state index contributed by atoms with van der Waals surface area (Å²) < 4.78 is 5.65. The minimum Gasteiger partial charge on any atom is -0.478 e. The highest BCUT2D eigenvalue weighted by Crippen LogP contribution is 2.29. The van der Waals surface area contributed by atoms with Crippen molar-refractivity contribution in [3.8, 4) is 0 Å². The van der Waals surface area contributed by atoms with Crippen molar-refractivity contribution < 1.29 is 19.4 Å². The van der Waals surface area contributed by atoms with Crippen molar-refractivity contribution in [2.45, 2.75) is 45.1 Å². The monoisotopic (exact) mass is 340 g/mol. The topological polar surface area (TPSA) is 63.6 Å². The van der Waals surface area contributed by atoms with E-state index in [0.717, 1.165) is 12.0 Å². The molecule has 0 aliphatic heterocycles. The molecule has 2 atom stereocenters. The number of carboxylic acids is 1. The van der Waals surface area contributed by atoms with Crippen LogP contribution in [0.5, 0.6) is 0 Å². The Kier molecular flexibility index (Phi) is 6.75. The summed E-state index contributed by atoms with van der Waals surface area (Å²) in [7, 11) is 0. The Morgan fingerprint density at radius 3 is 2.20 bits per heavy atom. The first kappa shape index (κ1) is 18.7. The molecule has 0 heterocycles. The van der Waals surface area contributed by atoms with Gasteiger partial charge in [0.2, 0.25) is 0 Å². The first-order chi connectivity index (χ1) is 12.1. The molecule has 0 fully saturated rings. The second-order valence-electron chi connectivity index (χ2n) is 6.03. The van der Waals surface area contributed by atoms with Crippen LogP contribution in [0.3, 0.4) is 0 Å². The molecule has 4 nitrogen and oxygen atoms in total. The molecule has 4 heteroatoms. The van der Waals surface area contributed by atoms with Crippen LogP contribution in [0.4, 0.5) is 0 Å². The van der Waals surface area contributed by atoms with Crippen LogP contribution in [0.25, 0.3) is 0 Å². The number of esters is 1. The Bertz CT molecular complexity index is 709. The lowest BCUT2D eigenvalue weighted by atomic mass is 9.87. The van der Waals surface area contributed by atoms with Gasteiger partial charge in [-0.2, -0.15) is 0 Å².